The quantitative estimate of drug-likeness (QED) is 0.765. The molecule has 0 radical (unpaired) electrons. The molecular weight excluding hydrogens is 306 g/mol. The molecule has 1 aromatic carbocycles. The van der Waals surface area contributed by atoms with E-state index in [1.807, 2.05) is 6.07 Å². The summed E-state index contributed by atoms with van der Waals surface area (Å²) in [6.07, 6.45) is 3.06. The molecule has 118 valence electrons. The van der Waals surface area contributed by atoms with Crippen LogP contribution in [0.2, 0.25) is 0 Å². The third-order valence-electron chi connectivity index (χ3n) is 3.17. The van der Waals surface area contributed by atoms with Gasteiger partial charge < -0.3 is 15.2 Å². The number of pyridine rings is 1. The van der Waals surface area contributed by atoms with Crippen molar-refractivity contribution in [2.75, 3.05) is 10.6 Å². The van der Waals surface area contributed by atoms with Crippen LogP contribution in [-0.2, 0) is 0 Å². The van der Waals surface area contributed by atoms with E-state index in [0.717, 1.165) is 0 Å². The molecule has 0 aliphatic rings. The first kappa shape index (κ1) is 15.2. The van der Waals surface area contributed by atoms with Crippen molar-refractivity contribution in [2.24, 2.45) is 0 Å². The van der Waals surface area contributed by atoms with Crippen LogP contribution < -0.4 is 10.6 Å². The van der Waals surface area contributed by atoms with Crippen LogP contribution >= 0.6 is 0 Å². The van der Waals surface area contributed by atoms with E-state index in [1.165, 1.54) is 6.20 Å². The maximum absolute atomic E-state index is 12.3. The van der Waals surface area contributed by atoms with E-state index in [2.05, 4.69) is 20.8 Å². The first-order valence-corrected chi connectivity index (χ1v) is 7.11. The monoisotopic (exact) mass is 319 g/mol. The number of rotatable bonds is 4. The van der Waals surface area contributed by atoms with Gasteiger partial charge in [0.2, 0.25) is 0 Å². The third kappa shape index (κ3) is 3.56. The molecule has 0 bridgehead atoms. The van der Waals surface area contributed by atoms with Crippen LogP contribution in [-0.4, -0.2) is 16.0 Å². The Bertz CT molecular complexity index is 909. The lowest BCUT2D eigenvalue weighted by atomic mass is 10.2. The van der Waals surface area contributed by atoms with E-state index in [9.17, 15) is 4.79 Å². The molecule has 3 aromatic rings. The highest BCUT2D eigenvalue weighted by Crippen LogP contribution is 2.17. The molecule has 1 amide bonds. The normalized spacial score (nSPS) is 10.0. The maximum atomic E-state index is 12.3. The zero-order valence-electron chi connectivity index (χ0n) is 12.8. The van der Waals surface area contributed by atoms with Crippen molar-refractivity contribution >= 4 is 23.1 Å². The highest BCUT2D eigenvalue weighted by atomic mass is 16.5. The van der Waals surface area contributed by atoms with E-state index < -0.39 is 0 Å². The van der Waals surface area contributed by atoms with Crippen molar-refractivity contribution < 1.29 is 9.32 Å². The number of hydrogen-bond donors (Lipinski definition) is 2. The number of aromatic nitrogens is 2. The van der Waals surface area contributed by atoms with Crippen molar-refractivity contribution in [3.63, 3.8) is 0 Å². The lowest BCUT2D eigenvalue weighted by Gasteiger charge is -2.07. The molecule has 0 spiro atoms. The summed E-state index contributed by atoms with van der Waals surface area (Å²) in [7, 11) is 0. The van der Waals surface area contributed by atoms with Crippen LogP contribution in [0.4, 0.5) is 17.2 Å². The van der Waals surface area contributed by atoms with Crippen molar-refractivity contribution in [1.29, 1.82) is 5.26 Å². The molecule has 0 atom stereocenters. The number of hydrogen-bond acceptors (Lipinski definition) is 6. The van der Waals surface area contributed by atoms with Gasteiger partial charge in [-0.15, -0.1) is 0 Å². The lowest BCUT2D eigenvalue weighted by molar-refractivity contribution is 0.102. The van der Waals surface area contributed by atoms with Crippen molar-refractivity contribution in [1.82, 2.24) is 10.1 Å². The number of nitriles is 1. The fourth-order valence-electron chi connectivity index (χ4n) is 2.04. The molecule has 0 fully saturated rings. The zero-order chi connectivity index (χ0) is 16.9. The third-order valence-corrected chi connectivity index (χ3v) is 3.17. The number of carbonyl (C=O) groups is 1. The second kappa shape index (κ2) is 6.62. The van der Waals surface area contributed by atoms with Gasteiger partial charge in [-0.3, -0.25) is 9.78 Å². The molecule has 7 heteroatoms. The van der Waals surface area contributed by atoms with Gasteiger partial charge >= 0.3 is 0 Å². The standard InChI is InChI=1S/C17H13N5O2/c1-11-6-16(22-24-11)20-15-7-13(9-19-10-15)17(23)21-14-4-2-12(8-18)3-5-14/h2-7,9-10H,1H3,(H,20,22)(H,21,23). The SMILES string of the molecule is Cc1cc(Nc2cncc(C(=O)Nc3ccc(C#N)cc3)c2)no1. The first-order chi connectivity index (χ1) is 11.6. The molecule has 0 aliphatic carbocycles. The van der Waals surface area contributed by atoms with E-state index >= 15 is 0 Å². The predicted octanol–water partition coefficient (Wildman–Crippen LogP) is 3.25. The number of amides is 1. The highest BCUT2D eigenvalue weighted by Gasteiger charge is 2.09. The molecule has 2 N–H and O–H groups in total. The van der Waals surface area contributed by atoms with Crippen LogP contribution in [0.3, 0.4) is 0 Å². The van der Waals surface area contributed by atoms with Gasteiger partial charge in [-0.1, -0.05) is 5.16 Å². The summed E-state index contributed by atoms with van der Waals surface area (Å²) >= 11 is 0. The number of carbonyl (C=O) groups excluding carboxylic acids is 1. The van der Waals surface area contributed by atoms with Gasteiger partial charge in [0.05, 0.1) is 29.1 Å². The molecular formula is C17H13N5O2. The average molecular weight is 319 g/mol. The molecule has 3 rings (SSSR count). The fourth-order valence-corrected chi connectivity index (χ4v) is 2.04. The minimum atomic E-state index is -0.299. The second-order valence-corrected chi connectivity index (χ2v) is 5.05. The fraction of sp³-hybridized carbons (Fsp3) is 0.0588. The van der Waals surface area contributed by atoms with Gasteiger partial charge in [0.1, 0.15) is 5.76 Å². The van der Waals surface area contributed by atoms with Crippen LogP contribution in [0, 0.1) is 18.3 Å². The maximum Gasteiger partial charge on any atom is 0.257 e. The van der Waals surface area contributed by atoms with Crippen LogP contribution in [0.15, 0.2) is 53.3 Å². The highest BCUT2D eigenvalue weighted by molar-refractivity contribution is 6.04. The second-order valence-electron chi connectivity index (χ2n) is 5.05. The van der Waals surface area contributed by atoms with E-state index in [1.54, 1.807) is 49.5 Å². The van der Waals surface area contributed by atoms with Crippen molar-refractivity contribution in [2.45, 2.75) is 6.92 Å². The van der Waals surface area contributed by atoms with Gasteiger partial charge in [0, 0.05) is 18.0 Å². The van der Waals surface area contributed by atoms with Gasteiger partial charge in [-0.2, -0.15) is 5.26 Å². The Hall–Kier alpha value is -3.66. The van der Waals surface area contributed by atoms with Gasteiger partial charge in [0.15, 0.2) is 5.82 Å². The summed E-state index contributed by atoms with van der Waals surface area (Å²) in [6, 6.07) is 12.0. The summed E-state index contributed by atoms with van der Waals surface area (Å²) in [6.45, 7) is 1.79. The molecule has 2 aromatic heterocycles. The summed E-state index contributed by atoms with van der Waals surface area (Å²) in [5.74, 6) is 0.923. The van der Waals surface area contributed by atoms with Crippen molar-refractivity contribution in [3.8, 4) is 6.07 Å². The Morgan fingerprint density at radius 3 is 2.62 bits per heavy atom. The van der Waals surface area contributed by atoms with E-state index in [4.69, 9.17) is 9.78 Å². The van der Waals surface area contributed by atoms with Crippen molar-refractivity contribution in [3.05, 3.63) is 65.7 Å². The molecule has 7 nitrogen and oxygen atoms in total. The minimum Gasteiger partial charge on any atom is -0.360 e. The van der Waals surface area contributed by atoms with Gasteiger partial charge in [-0.05, 0) is 37.3 Å². The zero-order valence-corrected chi connectivity index (χ0v) is 12.8. The van der Waals surface area contributed by atoms with Crippen LogP contribution in [0.5, 0.6) is 0 Å². The number of anilines is 3. The summed E-state index contributed by atoms with van der Waals surface area (Å²) in [4.78, 5) is 16.4. The first-order valence-electron chi connectivity index (χ1n) is 7.11. The largest absolute Gasteiger partial charge is 0.360 e. The smallest absolute Gasteiger partial charge is 0.257 e. The van der Waals surface area contributed by atoms with Crippen LogP contribution in [0.1, 0.15) is 21.7 Å². The number of nitrogens with zero attached hydrogens (tertiary/aromatic N) is 3. The Kier molecular flexibility index (Phi) is 4.21. The summed E-state index contributed by atoms with van der Waals surface area (Å²) in [5, 5.41) is 18.4. The average Bonchev–Trinajstić information content (AvgIpc) is 3.00. The van der Waals surface area contributed by atoms with Gasteiger partial charge in [-0.25, -0.2) is 0 Å². The molecule has 24 heavy (non-hydrogen) atoms. The summed E-state index contributed by atoms with van der Waals surface area (Å²) in [5.41, 5.74) is 2.15. The van der Waals surface area contributed by atoms with Crippen LogP contribution in [0.25, 0.3) is 0 Å². The molecule has 0 aliphatic heterocycles. The minimum absolute atomic E-state index is 0.299. The van der Waals surface area contributed by atoms with E-state index in [0.29, 0.717) is 34.1 Å². The predicted molar refractivity (Wildman–Crippen MR) is 87.9 cm³/mol. The number of benzene rings is 1. The molecule has 0 unspecified atom stereocenters. The Labute approximate surface area is 137 Å². The molecule has 2 heterocycles. The molecule has 0 saturated carbocycles. The molecule has 0 saturated heterocycles. The van der Waals surface area contributed by atoms with E-state index in [-0.39, 0.29) is 5.91 Å². The Balaban J connectivity index is 1.72. The topological polar surface area (TPSA) is 104 Å². The number of aryl methyl sites for hydroxylation is 1. The Morgan fingerprint density at radius 1 is 1.17 bits per heavy atom. The lowest BCUT2D eigenvalue weighted by Crippen LogP contribution is -2.12. The van der Waals surface area contributed by atoms with Gasteiger partial charge in [0.25, 0.3) is 5.91 Å². The summed E-state index contributed by atoms with van der Waals surface area (Å²) < 4.78 is 4.98. The Morgan fingerprint density at radius 2 is 1.96 bits per heavy atom. The number of nitrogens with one attached hydrogen (secondary N) is 2.